The lowest BCUT2D eigenvalue weighted by Crippen LogP contribution is -2.57. The number of hydrogen-bond donors (Lipinski definition) is 1. The summed E-state index contributed by atoms with van der Waals surface area (Å²) >= 11 is 12.7. The number of likely N-dealkylation sites (N-methyl/N-ethyl adjacent to an activating group) is 1. The van der Waals surface area contributed by atoms with E-state index in [2.05, 4.69) is 4.84 Å². The Labute approximate surface area is 233 Å². The summed E-state index contributed by atoms with van der Waals surface area (Å²) in [6.45, 7) is -0.112. The molecule has 1 saturated carbocycles. The van der Waals surface area contributed by atoms with Crippen LogP contribution in [0.15, 0.2) is 42.5 Å². The van der Waals surface area contributed by atoms with Gasteiger partial charge in [-0.25, -0.2) is 18.2 Å². The third-order valence-electron chi connectivity index (χ3n) is 6.86. The quantitative estimate of drug-likeness (QED) is 0.299. The summed E-state index contributed by atoms with van der Waals surface area (Å²) in [6, 6.07) is 13.9. The van der Waals surface area contributed by atoms with Crippen LogP contribution in [0.5, 0.6) is 0 Å². The molecule has 12 heteroatoms. The van der Waals surface area contributed by atoms with Crippen LogP contribution in [0.3, 0.4) is 0 Å². The van der Waals surface area contributed by atoms with Crippen molar-refractivity contribution in [2.75, 3.05) is 19.9 Å². The Bertz CT molecular complexity index is 1300. The third kappa shape index (κ3) is 7.04. The molecule has 1 aliphatic carbocycles. The zero-order valence-electron chi connectivity index (χ0n) is 21.1. The maximum absolute atomic E-state index is 13.8. The number of hydrogen-bond acceptors (Lipinski definition) is 6. The molecule has 2 amide bonds. The van der Waals surface area contributed by atoms with Gasteiger partial charge in [-0.05, 0) is 48.6 Å². The summed E-state index contributed by atoms with van der Waals surface area (Å²) < 4.78 is 26.2. The van der Waals surface area contributed by atoms with Crippen LogP contribution < -0.4 is 5.48 Å². The van der Waals surface area contributed by atoms with Crippen molar-refractivity contribution in [3.63, 3.8) is 0 Å². The number of benzene rings is 2. The van der Waals surface area contributed by atoms with Gasteiger partial charge in [0, 0.05) is 34.7 Å². The van der Waals surface area contributed by atoms with Crippen LogP contribution in [0.4, 0.5) is 0 Å². The summed E-state index contributed by atoms with van der Waals surface area (Å²) in [5.41, 5.74) is 4.33. The van der Waals surface area contributed by atoms with Crippen molar-refractivity contribution >= 4 is 45.5 Å². The van der Waals surface area contributed by atoms with Gasteiger partial charge in [-0.1, -0.05) is 60.3 Å². The number of nitrogens with one attached hydrogen (secondary N) is 1. The Kier molecular flexibility index (Phi) is 10.5. The summed E-state index contributed by atoms with van der Waals surface area (Å²) in [4.78, 5) is 29.2. The van der Waals surface area contributed by atoms with Crippen LogP contribution >= 0.6 is 23.2 Å². The molecule has 38 heavy (non-hydrogen) atoms. The molecule has 0 unspecified atom stereocenters. The molecular weight excluding hydrogens is 551 g/mol. The maximum Gasteiger partial charge on any atom is 0.254 e. The van der Waals surface area contributed by atoms with E-state index in [0.717, 1.165) is 36.8 Å². The third-order valence-corrected chi connectivity index (χ3v) is 8.74. The second-order valence-corrected chi connectivity index (χ2v) is 12.0. The van der Waals surface area contributed by atoms with Crippen molar-refractivity contribution in [3.05, 3.63) is 69.2 Å². The molecule has 0 saturated heterocycles. The zero-order chi connectivity index (χ0) is 27.9. The predicted octanol–water partition coefficient (Wildman–Crippen LogP) is 4.12. The molecule has 2 aromatic carbocycles. The van der Waals surface area contributed by atoms with Crippen molar-refractivity contribution in [3.8, 4) is 6.07 Å². The lowest BCUT2D eigenvalue weighted by Gasteiger charge is -2.48. The van der Waals surface area contributed by atoms with E-state index >= 15 is 0 Å². The topological polar surface area (TPSA) is 120 Å². The second kappa shape index (κ2) is 13.4. The standard InChI is InChI=1S/C23H26Cl2N2O3S.C3H4N2O2/c1-26(31(2,29)30)20-9-5-6-10-21(20)27-22(18-12-11-16(24)14-19(18)25)13-15-7-3-4-8-17(15)23(27)28;4-1-2-7-5-3-6/h3-4,7-8,11-12,14,20-22H,5-6,9-10,13H2,1-2H3;3H,2H2,(H,5,6)/t20-,21-,22+;/m0./s1. The Balaban J connectivity index is 0.000000505. The van der Waals surface area contributed by atoms with Gasteiger partial charge in [0.25, 0.3) is 5.91 Å². The fourth-order valence-electron chi connectivity index (χ4n) is 5.10. The number of halogens is 2. The highest BCUT2D eigenvalue weighted by Gasteiger charge is 2.44. The highest BCUT2D eigenvalue weighted by atomic mass is 35.5. The van der Waals surface area contributed by atoms with Crippen LogP contribution in [0.2, 0.25) is 10.0 Å². The molecule has 4 rings (SSSR count). The molecule has 1 fully saturated rings. The first-order chi connectivity index (χ1) is 18.1. The van der Waals surface area contributed by atoms with E-state index in [1.165, 1.54) is 10.6 Å². The van der Waals surface area contributed by atoms with Crippen LogP contribution in [0.1, 0.15) is 53.2 Å². The number of fused-ring (bicyclic) bond motifs is 1. The number of hydroxylamine groups is 1. The van der Waals surface area contributed by atoms with Crippen molar-refractivity contribution < 1.29 is 22.8 Å². The Hall–Kier alpha value is -2.68. The van der Waals surface area contributed by atoms with Gasteiger partial charge in [-0.15, -0.1) is 0 Å². The van der Waals surface area contributed by atoms with Crippen LogP contribution in [-0.2, 0) is 26.1 Å². The summed E-state index contributed by atoms with van der Waals surface area (Å²) in [7, 11) is -1.78. The van der Waals surface area contributed by atoms with Crippen molar-refractivity contribution in [2.45, 2.75) is 50.2 Å². The first-order valence-corrected chi connectivity index (χ1v) is 14.7. The number of nitrogens with zero attached hydrogens (tertiary/aromatic N) is 3. The minimum Gasteiger partial charge on any atom is -0.327 e. The summed E-state index contributed by atoms with van der Waals surface area (Å²) in [5.74, 6) is -0.0725. The molecular formula is C26H30Cl2N4O5S. The van der Waals surface area contributed by atoms with E-state index < -0.39 is 10.0 Å². The molecule has 2 aliphatic rings. The minimum atomic E-state index is -3.40. The molecule has 1 heterocycles. The second-order valence-electron chi connectivity index (χ2n) is 9.14. The molecule has 204 valence electrons. The first kappa shape index (κ1) is 29.9. The van der Waals surface area contributed by atoms with Crippen LogP contribution in [0, 0.1) is 11.3 Å². The minimum absolute atomic E-state index is 0.0725. The van der Waals surface area contributed by atoms with E-state index in [4.69, 9.17) is 28.5 Å². The number of rotatable bonds is 7. The molecule has 0 bridgehead atoms. The molecule has 0 spiro atoms. The highest BCUT2D eigenvalue weighted by Crippen LogP contribution is 2.42. The van der Waals surface area contributed by atoms with Crippen LogP contribution in [-0.4, -0.2) is 61.9 Å². The summed E-state index contributed by atoms with van der Waals surface area (Å²) in [5, 5.41) is 8.81. The first-order valence-electron chi connectivity index (χ1n) is 12.1. The summed E-state index contributed by atoms with van der Waals surface area (Å²) in [6.07, 6.45) is 5.56. The zero-order valence-corrected chi connectivity index (χ0v) is 23.5. The number of sulfonamides is 1. The van der Waals surface area contributed by atoms with E-state index in [1.54, 1.807) is 25.2 Å². The Morgan fingerprint density at radius 2 is 1.92 bits per heavy atom. The molecule has 2 aromatic rings. The SMILES string of the molecule is CN([C@H]1CCCC[C@@H]1N1C(=O)c2ccccc2C[C@@H]1c1ccc(Cl)cc1Cl)S(C)(=O)=O.N#CCONC=O. The van der Waals surface area contributed by atoms with Gasteiger partial charge < -0.3 is 4.90 Å². The van der Waals surface area contributed by atoms with Gasteiger partial charge in [0.1, 0.15) is 0 Å². The van der Waals surface area contributed by atoms with E-state index in [9.17, 15) is 18.0 Å². The molecule has 3 atom stereocenters. The van der Waals surface area contributed by atoms with Gasteiger partial charge >= 0.3 is 0 Å². The normalized spacial score (nSPS) is 21.1. The average molecular weight is 582 g/mol. The Morgan fingerprint density at radius 1 is 1.21 bits per heavy atom. The van der Waals surface area contributed by atoms with Gasteiger partial charge in [0.05, 0.1) is 18.4 Å². The Morgan fingerprint density at radius 3 is 2.58 bits per heavy atom. The monoisotopic (exact) mass is 580 g/mol. The molecule has 1 N–H and O–H groups in total. The van der Waals surface area contributed by atoms with Gasteiger partial charge in [-0.2, -0.15) is 5.26 Å². The smallest absolute Gasteiger partial charge is 0.254 e. The lowest BCUT2D eigenvalue weighted by atomic mass is 9.83. The van der Waals surface area contributed by atoms with Crippen molar-refractivity contribution in [1.29, 1.82) is 5.26 Å². The average Bonchev–Trinajstić information content (AvgIpc) is 2.88. The van der Waals surface area contributed by atoms with Crippen molar-refractivity contribution in [2.24, 2.45) is 0 Å². The largest absolute Gasteiger partial charge is 0.327 e. The lowest BCUT2D eigenvalue weighted by molar-refractivity contribution is -0.119. The highest BCUT2D eigenvalue weighted by molar-refractivity contribution is 7.88. The molecule has 0 radical (unpaired) electrons. The van der Waals surface area contributed by atoms with Gasteiger partial charge in [-0.3, -0.25) is 14.4 Å². The van der Waals surface area contributed by atoms with E-state index in [-0.39, 0.29) is 30.6 Å². The van der Waals surface area contributed by atoms with Crippen LogP contribution in [0.25, 0.3) is 0 Å². The molecule has 0 aromatic heterocycles. The van der Waals surface area contributed by atoms with Gasteiger partial charge in [0.15, 0.2) is 6.61 Å². The predicted molar refractivity (Wildman–Crippen MR) is 145 cm³/mol. The van der Waals surface area contributed by atoms with E-state index in [0.29, 0.717) is 28.4 Å². The fourth-order valence-corrected chi connectivity index (χ4v) is 6.37. The van der Waals surface area contributed by atoms with Gasteiger partial charge in [0.2, 0.25) is 16.4 Å². The molecule has 1 aliphatic heterocycles. The maximum atomic E-state index is 13.8. The number of nitriles is 1. The number of carbonyl (C=O) groups is 2. The molecule has 9 nitrogen and oxygen atoms in total. The number of carbonyl (C=O) groups excluding carboxylic acids is 2. The van der Waals surface area contributed by atoms with Crippen molar-refractivity contribution in [1.82, 2.24) is 14.7 Å². The fraction of sp³-hybridized carbons (Fsp3) is 0.423. The number of amides is 2. The van der Waals surface area contributed by atoms with E-state index in [1.807, 2.05) is 40.7 Å².